The molecule has 3 rings (SSSR count). The van der Waals surface area contributed by atoms with E-state index in [0.29, 0.717) is 13.2 Å². The molecule has 26 heavy (non-hydrogen) atoms. The van der Waals surface area contributed by atoms with Gasteiger partial charge in [-0.3, -0.25) is 9.69 Å². The highest BCUT2D eigenvalue weighted by molar-refractivity contribution is 5.79. The van der Waals surface area contributed by atoms with Crippen LogP contribution in [0.1, 0.15) is 24.5 Å². The van der Waals surface area contributed by atoms with Crippen molar-refractivity contribution in [2.75, 3.05) is 26.2 Å². The number of likely N-dealkylation sites (tertiary alicyclic amines) is 1. The number of para-hydroxylation sites is 1. The Balaban J connectivity index is 1.53. The van der Waals surface area contributed by atoms with E-state index >= 15 is 0 Å². The quantitative estimate of drug-likeness (QED) is 0.793. The third-order valence-electron chi connectivity index (χ3n) is 4.85. The molecule has 0 aromatic heterocycles. The second-order valence-electron chi connectivity index (χ2n) is 6.81. The third-order valence-corrected chi connectivity index (χ3v) is 4.85. The predicted molar refractivity (Wildman–Crippen MR) is 104 cm³/mol. The van der Waals surface area contributed by atoms with Crippen LogP contribution in [-0.2, 0) is 17.8 Å². The summed E-state index contributed by atoms with van der Waals surface area (Å²) in [6, 6.07) is 18.6. The summed E-state index contributed by atoms with van der Waals surface area (Å²) in [5, 5.41) is 2.94. The van der Waals surface area contributed by atoms with E-state index in [0.717, 1.165) is 38.2 Å². The van der Waals surface area contributed by atoms with E-state index in [4.69, 9.17) is 4.74 Å². The van der Waals surface area contributed by atoms with Crippen LogP contribution in [0.3, 0.4) is 0 Å². The molecule has 0 aliphatic carbocycles. The van der Waals surface area contributed by atoms with Gasteiger partial charge in [-0.2, -0.15) is 0 Å². The zero-order chi connectivity index (χ0) is 18.2. The van der Waals surface area contributed by atoms with Gasteiger partial charge in [0.15, 0.2) is 0 Å². The van der Waals surface area contributed by atoms with E-state index in [9.17, 15) is 4.79 Å². The molecule has 1 N–H and O–H groups in total. The van der Waals surface area contributed by atoms with Crippen molar-refractivity contribution >= 4 is 5.91 Å². The van der Waals surface area contributed by atoms with Gasteiger partial charge in [0.2, 0.25) is 5.91 Å². The molecular formula is C22H28N2O2. The largest absolute Gasteiger partial charge is 0.493 e. The number of amides is 1. The molecule has 1 saturated heterocycles. The van der Waals surface area contributed by atoms with Crippen LogP contribution in [0.5, 0.6) is 5.75 Å². The molecule has 2 aromatic rings. The Morgan fingerprint density at radius 2 is 1.92 bits per heavy atom. The summed E-state index contributed by atoms with van der Waals surface area (Å²) in [6.07, 6.45) is 1.83. The van der Waals surface area contributed by atoms with Gasteiger partial charge in [0.1, 0.15) is 5.75 Å². The van der Waals surface area contributed by atoms with Crippen molar-refractivity contribution in [1.82, 2.24) is 10.2 Å². The molecule has 4 heteroatoms. The maximum Gasteiger partial charge on any atom is 0.224 e. The molecular weight excluding hydrogens is 324 g/mol. The van der Waals surface area contributed by atoms with Crippen LogP contribution in [0.2, 0.25) is 0 Å². The summed E-state index contributed by atoms with van der Waals surface area (Å²) in [7, 11) is 0. The number of carbonyl (C=O) groups excluding carboxylic acids is 1. The average Bonchev–Trinajstić information content (AvgIpc) is 3.13. The number of nitrogens with one attached hydrogen (secondary N) is 1. The van der Waals surface area contributed by atoms with E-state index < -0.39 is 0 Å². The van der Waals surface area contributed by atoms with Crippen molar-refractivity contribution in [3.05, 3.63) is 65.7 Å². The molecule has 1 heterocycles. The number of benzene rings is 2. The van der Waals surface area contributed by atoms with Gasteiger partial charge in [-0.05, 0) is 31.5 Å². The van der Waals surface area contributed by atoms with Gasteiger partial charge in [0.25, 0.3) is 0 Å². The van der Waals surface area contributed by atoms with Crippen LogP contribution >= 0.6 is 0 Å². The van der Waals surface area contributed by atoms with Crippen molar-refractivity contribution in [1.29, 1.82) is 0 Å². The zero-order valence-corrected chi connectivity index (χ0v) is 15.5. The minimum Gasteiger partial charge on any atom is -0.493 e. The average molecular weight is 352 g/mol. The Hall–Kier alpha value is -2.33. The predicted octanol–water partition coefficient (Wildman–Crippen LogP) is 3.27. The minimum absolute atomic E-state index is 0.112. The van der Waals surface area contributed by atoms with E-state index in [-0.39, 0.29) is 11.8 Å². The molecule has 4 nitrogen and oxygen atoms in total. The molecule has 1 aliphatic heterocycles. The number of ether oxygens (including phenoxy) is 1. The molecule has 1 aliphatic rings. The first-order valence-electron chi connectivity index (χ1n) is 9.51. The summed E-state index contributed by atoms with van der Waals surface area (Å²) in [6.45, 7) is 5.95. The Morgan fingerprint density at radius 3 is 2.73 bits per heavy atom. The van der Waals surface area contributed by atoms with Crippen LogP contribution in [0.25, 0.3) is 0 Å². The molecule has 0 bridgehead atoms. The van der Waals surface area contributed by atoms with Crippen LogP contribution < -0.4 is 10.1 Å². The van der Waals surface area contributed by atoms with Gasteiger partial charge in [0, 0.05) is 31.6 Å². The summed E-state index contributed by atoms with van der Waals surface area (Å²) < 4.78 is 6.06. The lowest BCUT2D eigenvalue weighted by Crippen LogP contribution is -2.32. The van der Waals surface area contributed by atoms with Crippen LogP contribution in [-0.4, -0.2) is 37.0 Å². The van der Waals surface area contributed by atoms with E-state index in [1.54, 1.807) is 0 Å². The molecule has 138 valence electrons. The van der Waals surface area contributed by atoms with E-state index in [1.807, 2.05) is 25.1 Å². The third kappa shape index (κ3) is 5.09. The topological polar surface area (TPSA) is 41.6 Å². The number of hydrogen-bond donors (Lipinski definition) is 1. The summed E-state index contributed by atoms with van der Waals surface area (Å²) in [5.41, 5.74) is 2.48. The van der Waals surface area contributed by atoms with Gasteiger partial charge >= 0.3 is 0 Å². The highest BCUT2D eigenvalue weighted by atomic mass is 16.5. The van der Waals surface area contributed by atoms with Crippen molar-refractivity contribution in [2.24, 2.45) is 5.92 Å². The van der Waals surface area contributed by atoms with Gasteiger partial charge in [-0.15, -0.1) is 0 Å². The second kappa shape index (κ2) is 9.39. The fraction of sp³-hybridized carbons (Fsp3) is 0.409. The maximum atomic E-state index is 12.0. The van der Waals surface area contributed by atoms with Crippen LogP contribution in [0.4, 0.5) is 0 Å². The summed E-state index contributed by atoms with van der Waals surface area (Å²) in [5.74, 6) is 1.24. The minimum atomic E-state index is 0.112. The van der Waals surface area contributed by atoms with Gasteiger partial charge in [0.05, 0.1) is 12.5 Å². The molecule has 1 fully saturated rings. The Morgan fingerprint density at radius 1 is 1.15 bits per heavy atom. The SMILES string of the molecule is CCNC(=O)[C@@H]1CCN(Cc2ccccc2OCCc2ccccc2)C1. The fourth-order valence-corrected chi connectivity index (χ4v) is 3.45. The Labute approximate surface area is 156 Å². The summed E-state index contributed by atoms with van der Waals surface area (Å²) in [4.78, 5) is 14.4. The van der Waals surface area contributed by atoms with Crippen molar-refractivity contribution in [3.63, 3.8) is 0 Å². The molecule has 2 aromatic carbocycles. The molecule has 0 spiro atoms. The Bertz CT molecular complexity index is 702. The fourth-order valence-electron chi connectivity index (χ4n) is 3.45. The highest BCUT2D eigenvalue weighted by Gasteiger charge is 2.28. The van der Waals surface area contributed by atoms with Crippen LogP contribution in [0, 0.1) is 5.92 Å². The lowest BCUT2D eigenvalue weighted by Gasteiger charge is -2.18. The first-order chi connectivity index (χ1) is 12.8. The van der Waals surface area contributed by atoms with E-state index in [2.05, 4.69) is 46.6 Å². The van der Waals surface area contributed by atoms with Gasteiger partial charge in [-0.1, -0.05) is 48.5 Å². The van der Waals surface area contributed by atoms with Crippen molar-refractivity contribution < 1.29 is 9.53 Å². The Kier molecular flexibility index (Phi) is 6.67. The number of hydrogen-bond acceptors (Lipinski definition) is 3. The molecule has 0 saturated carbocycles. The number of nitrogens with zero attached hydrogens (tertiary/aromatic N) is 1. The first-order valence-corrected chi connectivity index (χ1v) is 9.51. The standard InChI is InChI=1S/C22H28N2O2/c1-2-23-22(25)20-12-14-24(17-20)16-19-10-6-7-11-21(19)26-15-13-18-8-4-3-5-9-18/h3-11,20H,2,12-17H2,1H3,(H,23,25)/t20-/m1/s1. The normalized spacial score (nSPS) is 17.2. The molecule has 0 unspecified atom stereocenters. The maximum absolute atomic E-state index is 12.0. The number of rotatable bonds is 8. The van der Waals surface area contributed by atoms with Gasteiger partial charge < -0.3 is 10.1 Å². The van der Waals surface area contributed by atoms with Crippen molar-refractivity contribution in [3.8, 4) is 5.75 Å². The summed E-state index contributed by atoms with van der Waals surface area (Å²) >= 11 is 0. The van der Waals surface area contributed by atoms with E-state index in [1.165, 1.54) is 11.1 Å². The second-order valence-corrected chi connectivity index (χ2v) is 6.81. The number of carbonyl (C=O) groups is 1. The molecule has 0 radical (unpaired) electrons. The lowest BCUT2D eigenvalue weighted by molar-refractivity contribution is -0.124. The van der Waals surface area contributed by atoms with Crippen molar-refractivity contribution in [2.45, 2.75) is 26.3 Å². The molecule has 1 amide bonds. The lowest BCUT2D eigenvalue weighted by atomic mass is 10.1. The highest BCUT2D eigenvalue weighted by Crippen LogP contribution is 2.24. The van der Waals surface area contributed by atoms with Crippen LogP contribution in [0.15, 0.2) is 54.6 Å². The smallest absolute Gasteiger partial charge is 0.224 e. The molecule has 1 atom stereocenters. The zero-order valence-electron chi connectivity index (χ0n) is 15.5. The van der Waals surface area contributed by atoms with Gasteiger partial charge in [-0.25, -0.2) is 0 Å². The first kappa shape index (κ1) is 18.5. The monoisotopic (exact) mass is 352 g/mol.